The van der Waals surface area contributed by atoms with Crippen LogP contribution in [0.1, 0.15) is 16.1 Å². The monoisotopic (exact) mass is 469 g/mol. The second-order valence-electron chi connectivity index (χ2n) is 7.30. The maximum absolute atomic E-state index is 13.2. The molecule has 5 aromatic rings. The Bertz CT molecular complexity index is 1670. The fourth-order valence-electron chi connectivity index (χ4n) is 3.58. The molecular weight excluding hydrogens is 454 g/mol. The lowest BCUT2D eigenvalue weighted by Crippen LogP contribution is -2.13. The highest BCUT2D eigenvalue weighted by Gasteiger charge is 2.22. The Hall–Kier alpha value is -4.82. The van der Waals surface area contributed by atoms with Crippen molar-refractivity contribution in [3.63, 3.8) is 0 Å². The topological polar surface area (TPSA) is 157 Å². The van der Waals surface area contributed by atoms with Crippen molar-refractivity contribution < 1.29 is 13.2 Å². The number of nitriles is 1. The van der Waals surface area contributed by atoms with E-state index in [9.17, 15) is 18.5 Å². The number of hydrogen-bond acceptors (Lipinski definition) is 7. The molecule has 11 heteroatoms. The van der Waals surface area contributed by atoms with Crippen LogP contribution in [0.2, 0.25) is 0 Å². The molecule has 0 fully saturated rings. The van der Waals surface area contributed by atoms with Gasteiger partial charge in [0, 0.05) is 10.9 Å². The van der Waals surface area contributed by atoms with E-state index in [0.717, 1.165) is 0 Å². The zero-order chi connectivity index (χ0) is 23.7. The number of nitrogens with one attached hydrogen (secondary N) is 3. The maximum atomic E-state index is 13.2. The van der Waals surface area contributed by atoms with E-state index in [2.05, 4.69) is 30.9 Å². The number of aromatic nitrogens is 5. The summed E-state index contributed by atoms with van der Waals surface area (Å²) in [4.78, 5) is 16.2. The van der Waals surface area contributed by atoms with E-state index in [4.69, 9.17) is 0 Å². The number of aromatic amines is 2. The third-order valence-electron chi connectivity index (χ3n) is 5.20. The number of carbonyl (C=O) groups is 1. The number of H-pyrrole nitrogens is 2. The van der Waals surface area contributed by atoms with Crippen LogP contribution in [0.4, 0.5) is 5.69 Å². The largest absolute Gasteiger partial charge is 0.349 e. The quantitative estimate of drug-likeness (QED) is 0.356. The summed E-state index contributed by atoms with van der Waals surface area (Å²) in [5.41, 5.74) is 1.66. The molecule has 0 aliphatic heterocycles. The zero-order valence-electron chi connectivity index (χ0n) is 17.4. The van der Waals surface area contributed by atoms with Gasteiger partial charge in [-0.3, -0.25) is 4.79 Å². The van der Waals surface area contributed by atoms with E-state index in [1.165, 1.54) is 18.2 Å². The molecule has 2 heterocycles. The standard InChI is InChI=1S/C23H15N7O3S/c24-13-14-9-10-18(17(11-14)22-27-29-30-28-22)26-23(31)19-12-15-5-4-8-20(21(15)25-19)34(32,33)16-6-2-1-3-7-16/h1-12,25H,(H,26,31)(H,27,28,29,30). The molecule has 1 amide bonds. The van der Waals surface area contributed by atoms with Gasteiger partial charge >= 0.3 is 0 Å². The molecule has 0 bridgehead atoms. The van der Waals surface area contributed by atoms with Crippen molar-refractivity contribution in [1.82, 2.24) is 25.6 Å². The van der Waals surface area contributed by atoms with Crippen LogP contribution in [0.15, 0.2) is 82.6 Å². The molecule has 34 heavy (non-hydrogen) atoms. The van der Waals surface area contributed by atoms with E-state index in [1.54, 1.807) is 54.6 Å². The van der Waals surface area contributed by atoms with Crippen molar-refractivity contribution in [1.29, 1.82) is 5.26 Å². The molecule has 2 aromatic heterocycles. The molecule has 3 aromatic carbocycles. The number of rotatable bonds is 5. The minimum absolute atomic E-state index is 0.0713. The normalized spacial score (nSPS) is 11.3. The van der Waals surface area contributed by atoms with Crippen molar-refractivity contribution in [3.05, 3.63) is 84.1 Å². The molecular formula is C23H15N7O3S. The first-order chi connectivity index (χ1) is 16.5. The molecule has 0 atom stereocenters. The number of anilines is 1. The summed E-state index contributed by atoms with van der Waals surface area (Å²) in [6, 6.07) is 21.2. The van der Waals surface area contributed by atoms with Crippen molar-refractivity contribution >= 4 is 32.3 Å². The van der Waals surface area contributed by atoms with E-state index < -0.39 is 15.7 Å². The number of amides is 1. The van der Waals surface area contributed by atoms with Crippen molar-refractivity contribution in [2.75, 3.05) is 5.32 Å². The third-order valence-corrected chi connectivity index (χ3v) is 7.01. The first-order valence-corrected chi connectivity index (χ1v) is 11.5. The fraction of sp³-hybridized carbons (Fsp3) is 0. The van der Waals surface area contributed by atoms with Crippen LogP contribution < -0.4 is 5.32 Å². The Morgan fingerprint density at radius 1 is 1.00 bits per heavy atom. The highest BCUT2D eigenvalue weighted by atomic mass is 32.2. The molecule has 5 rings (SSSR count). The Morgan fingerprint density at radius 3 is 2.56 bits per heavy atom. The van der Waals surface area contributed by atoms with Crippen LogP contribution >= 0.6 is 0 Å². The van der Waals surface area contributed by atoms with Crippen molar-refractivity contribution in [2.24, 2.45) is 0 Å². The Balaban J connectivity index is 1.53. The first-order valence-electron chi connectivity index (χ1n) is 9.99. The Kier molecular flexibility index (Phi) is 5.12. The van der Waals surface area contributed by atoms with Crippen LogP contribution in [0.3, 0.4) is 0 Å². The van der Waals surface area contributed by atoms with Gasteiger partial charge in [-0.1, -0.05) is 30.3 Å². The molecule has 0 saturated heterocycles. The van der Waals surface area contributed by atoms with Crippen molar-refractivity contribution in [2.45, 2.75) is 9.79 Å². The summed E-state index contributed by atoms with van der Waals surface area (Å²) in [5.74, 6) is -0.224. The third kappa shape index (κ3) is 3.68. The van der Waals surface area contributed by atoms with Gasteiger partial charge in [-0.25, -0.2) is 13.5 Å². The number of para-hydroxylation sites is 1. The molecule has 0 saturated carbocycles. The van der Waals surface area contributed by atoms with Crippen LogP contribution in [-0.2, 0) is 9.84 Å². The van der Waals surface area contributed by atoms with Crippen LogP contribution in [0, 0.1) is 11.3 Å². The lowest BCUT2D eigenvalue weighted by Gasteiger charge is -2.09. The maximum Gasteiger partial charge on any atom is 0.272 e. The lowest BCUT2D eigenvalue weighted by molar-refractivity contribution is 0.102. The second kappa shape index (κ2) is 8.27. The Labute approximate surface area is 193 Å². The van der Waals surface area contributed by atoms with Gasteiger partial charge in [0.2, 0.25) is 9.84 Å². The van der Waals surface area contributed by atoms with Gasteiger partial charge in [0.25, 0.3) is 5.91 Å². The highest BCUT2D eigenvalue weighted by Crippen LogP contribution is 2.30. The zero-order valence-corrected chi connectivity index (χ0v) is 18.2. The Morgan fingerprint density at radius 2 is 1.82 bits per heavy atom. The summed E-state index contributed by atoms with van der Waals surface area (Å²) >= 11 is 0. The number of fused-ring (bicyclic) bond motifs is 1. The first kappa shape index (κ1) is 21.0. The predicted octanol–water partition coefficient (Wildman–Crippen LogP) is 3.30. The van der Waals surface area contributed by atoms with Gasteiger partial charge in [0.05, 0.1) is 32.6 Å². The lowest BCUT2D eigenvalue weighted by atomic mass is 10.1. The molecule has 0 unspecified atom stereocenters. The number of sulfone groups is 1. The molecule has 10 nitrogen and oxygen atoms in total. The van der Waals surface area contributed by atoms with Gasteiger partial charge in [-0.05, 0) is 52.9 Å². The molecule has 0 aliphatic rings. The second-order valence-corrected chi connectivity index (χ2v) is 9.21. The molecule has 166 valence electrons. The molecule has 0 radical (unpaired) electrons. The van der Waals surface area contributed by atoms with Gasteiger partial charge in [0.15, 0.2) is 5.82 Å². The highest BCUT2D eigenvalue weighted by molar-refractivity contribution is 7.91. The SMILES string of the molecule is N#Cc1ccc(NC(=O)c2cc3cccc(S(=O)(=O)c4ccccc4)c3[nH]2)c(-c2nnn[nH]2)c1. The van der Waals surface area contributed by atoms with Gasteiger partial charge in [-0.2, -0.15) is 5.26 Å². The van der Waals surface area contributed by atoms with Crippen molar-refractivity contribution in [3.8, 4) is 17.5 Å². The number of nitrogens with zero attached hydrogens (tertiary/aromatic N) is 4. The van der Waals surface area contributed by atoms with Gasteiger partial charge in [0.1, 0.15) is 5.69 Å². The number of carbonyl (C=O) groups excluding carboxylic acids is 1. The van der Waals surface area contributed by atoms with Gasteiger partial charge < -0.3 is 10.3 Å². The van der Waals surface area contributed by atoms with E-state index >= 15 is 0 Å². The molecule has 3 N–H and O–H groups in total. The van der Waals surface area contributed by atoms with E-state index in [0.29, 0.717) is 27.7 Å². The number of hydrogen-bond donors (Lipinski definition) is 3. The van der Waals surface area contributed by atoms with Crippen LogP contribution in [-0.4, -0.2) is 39.9 Å². The molecule has 0 aliphatic carbocycles. The minimum Gasteiger partial charge on any atom is -0.349 e. The van der Waals surface area contributed by atoms with Crippen LogP contribution in [0.25, 0.3) is 22.3 Å². The average molecular weight is 469 g/mol. The predicted molar refractivity (Wildman–Crippen MR) is 122 cm³/mol. The summed E-state index contributed by atoms with van der Waals surface area (Å²) in [6.07, 6.45) is 0. The summed E-state index contributed by atoms with van der Waals surface area (Å²) < 4.78 is 26.4. The average Bonchev–Trinajstić information content (AvgIpc) is 3.55. The number of benzene rings is 3. The van der Waals surface area contributed by atoms with E-state index in [-0.39, 0.29) is 21.3 Å². The summed E-state index contributed by atoms with van der Waals surface area (Å²) in [7, 11) is -3.80. The van der Waals surface area contributed by atoms with Gasteiger partial charge in [-0.15, -0.1) is 5.10 Å². The smallest absolute Gasteiger partial charge is 0.272 e. The number of tetrazole rings is 1. The van der Waals surface area contributed by atoms with E-state index in [1.807, 2.05) is 6.07 Å². The minimum atomic E-state index is -3.80. The molecule has 0 spiro atoms. The van der Waals surface area contributed by atoms with Crippen LogP contribution in [0.5, 0.6) is 0 Å². The summed E-state index contributed by atoms with van der Waals surface area (Å²) in [5, 5.41) is 26.1. The fourth-order valence-corrected chi connectivity index (χ4v) is 5.05. The summed E-state index contributed by atoms with van der Waals surface area (Å²) in [6.45, 7) is 0.